The molecule has 0 saturated carbocycles. The van der Waals surface area contributed by atoms with Gasteiger partial charge in [-0.2, -0.15) is 0 Å². The van der Waals surface area contributed by atoms with Gasteiger partial charge in [0.1, 0.15) is 0 Å². The number of ether oxygens (including phenoxy) is 2. The van der Waals surface area contributed by atoms with Gasteiger partial charge in [-0.15, -0.1) is 24.4 Å². The van der Waals surface area contributed by atoms with E-state index in [9.17, 15) is 0 Å². The molecule has 0 N–H and O–H groups in total. The molecule has 1 unspecified atom stereocenters. The fraction of sp³-hybridized carbons (Fsp3) is 1.00. The highest BCUT2D eigenvalue weighted by Gasteiger charge is 2.22. The molecule has 1 rings (SSSR count). The van der Waals surface area contributed by atoms with Crippen molar-refractivity contribution in [1.82, 2.24) is 9.80 Å². The van der Waals surface area contributed by atoms with E-state index in [1.807, 2.05) is 6.92 Å². The predicted octanol–water partition coefficient (Wildman–Crippen LogP) is 1.62. The lowest BCUT2D eigenvalue weighted by Gasteiger charge is -2.39. The molecule has 114 valence electrons. The Hall–Kier alpha value is 0.540. The van der Waals surface area contributed by atoms with E-state index in [4.69, 9.17) is 9.47 Å². The smallest absolute Gasteiger partial charge is 0.0972 e. The highest BCUT2D eigenvalue weighted by atomic mass is 32.2. The van der Waals surface area contributed by atoms with E-state index in [2.05, 4.69) is 35.6 Å². The van der Waals surface area contributed by atoms with Crippen molar-refractivity contribution in [1.29, 1.82) is 0 Å². The maximum atomic E-state index is 5.53. The lowest BCUT2D eigenvalue weighted by atomic mass is 10.2. The van der Waals surface area contributed by atoms with Crippen LogP contribution < -0.4 is 0 Å². The van der Waals surface area contributed by atoms with E-state index in [-0.39, 0.29) is 5.44 Å². The maximum Gasteiger partial charge on any atom is 0.0972 e. The molecule has 2 atom stereocenters. The molecule has 0 aromatic heterocycles. The van der Waals surface area contributed by atoms with Crippen molar-refractivity contribution in [3.63, 3.8) is 0 Å². The van der Waals surface area contributed by atoms with Crippen LogP contribution in [0.2, 0.25) is 0 Å². The van der Waals surface area contributed by atoms with Crippen molar-refractivity contribution < 1.29 is 9.47 Å². The minimum atomic E-state index is 0.0345. The molecule has 0 radical (unpaired) electrons. The maximum absolute atomic E-state index is 5.53. The van der Waals surface area contributed by atoms with E-state index < -0.39 is 0 Å². The fourth-order valence-corrected chi connectivity index (χ4v) is 2.67. The average Bonchev–Trinajstić information content (AvgIpc) is 2.36. The zero-order valence-electron chi connectivity index (χ0n) is 12.4. The molecule has 1 saturated heterocycles. The second kappa shape index (κ2) is 10.3. The van der Waals surface area contributed by atoms with Gasteiger partial charge in [0.05, 0.1) is 24.6 Å². The fourth-order valence-electron chi connectivity index (χ4n) is 2.28. The van der Waals surface area contributed by atoms with Crippen LogP contribution in [0.5, 0.6) is 0 Å². The topological polar surface area (TPSA) is 24.9 Å². The predicted molar refractivity (Wildman–Crippen MR) is 86.2 cm³/mol. The van der Waals surface area contributed by atoms with Crippen LogP contribution in [-0.2, 0) is 9.47 Å². The van der Waals surface area contributed by atoms with Crippen LogP contribution in [0.1, 0.15) is 13.8 Å². The minimum absolute atomic E-state index is 0.0345. The number of hydrogen-bond acceptors (Lipinski definition) is 6. The molecule has 6 heteroatoms. The van der Waals surface area contributed by atoms with Gasteiger partial charge in [0.2, 0.25) is 0 Å². The van der Waals surface area contributed by atoms with Crippen molar-refractivity contribution in [2.24, 2.45) is 0 Å². The van der Waals surface area contributed by atoms with Gasteiger partial charge >= 0.3 is 0 Å². The summed E-state index contributed by atoms with van der Waals surface area (Å²) in [5.41, 5.74) is 0.0345. The van der Waals surface area contributed by atoms with Crippen LogP contribution in [0, 0.1) is 0 Å². The summed E-state index contributed by atoms with van der Waals surface area (Å²) in [6.45, 7) is 11.3. The van der Waals surface area contributed by atoms with Crippen molar-refractivity contribution in [2.45, 2.75) is 25.3 Å². The summed E-state index contributed by atoms with van der Waals surface area (Å²) in [6.07, 6.45) is 2.06. The van der Waals surface area contributed by atoms with E-state index in [1.54, 1.807) is 11.8 Å². The van der Waals surface area contributed by atoms with Crippen LogP contribution in [0.15, 0.2) is 0 Å². The molecule has 0 amide bonds. The molecule has 0 aromatic rings. The summed E-state index contributed by atoms with van der Waals surface area (Å²) < 4.78 is 11.0. The Bertz CT molecular complexity index is 233. The third kappa shape index (κ3) is 7.78. The SMILES string of the molecule is CSCOCCN1CCN(CCOC(C)S)C[C@H]1C. The normalized spacial score (nSPS) is 23.7. The van der Waals surface area contributed by atoms with Crippen molar-refractivity contribution >= 4 is 24.4 Å². The first-order valence-electron chi connectivity index (χ1n) is 6.96. The van der Waals surface area contributed by atoms with Crippen molar-refractivity contribution in [3.05, 3.63) is 0 Å². The van der Waals surface area contributed by atoms with E-state index >= 15 is 0 Å². The summed E-state index contributed by atoms with van der Waals surface area (Å²) in [6, 6.07) is 0.597. The Kier molecular flexibility index (Phi) is 9.53. The van der Waals surface area contributed by atoms with Crippen molar-refractivity contribution in [3.8, 4) is 0 Å². The van der Waals surface area contributed by atoms with E-state index in [0.29, 0.717) is 6.04 Å². The Morgan fingerprint density at radius 3 is 2.74 bits per heavy atom. The number of thiol groups is 1. The third-order valence-electron chi connectivity index (χ3n) is 3.34. The lowest BCUT2D eigenvalue weighted by molar-refractivity contribution is 0.0354. The molecular weight excluding hydrogens is 280 g/mol. The van der Waals surface area contributed by atoms with Gasteiger partial charge in [0.15, 0.2) is 0 Å². The summed E-state index contributed by atoms with van der Waals surface area (Å²) in [5, 5.41) is 0. The van der Waals surface area contributed by atoms with Gasteiger partial charge in [0, 0.05) is 38.8 Å². The Morgan fingerprint density at radius 1 is 1.32 bits per heavy atom. The molecule has 19 heavy (non-hydrogen) atoms. The molecule has 1 aliphatic rings. The molecule has 0 aliphatic carbocycles. The largest absolute Gasteiger partial charge is 0.370 e. The second-order valence-corrected chi connectivity index (χ2v) is 6.51. The van der Waals surface area contributed by atoms with Crippen LogP contribution >= 0.6 is 24.4 Å². The van der Waals surface area contributed by atoms with Gasteiger partial charge < -0.3 is 9.47 Å². The van der Waals surface area contributed by atoms with Crippen molar-refractivity contribution in [2.75, 3.05) is 58.1 Å². The molecule has 4 nitrogen and oxygen atoms in total. The summed E-state index contributed by atoms with van der Waals surface area (Å²) in [7, 11) is 0. The quantitative estimate of drug-likeness (QED) is 0.396. The number of rotatable bonds is 9. The first-order chi connectivity index (χ1) is 9.13. The molecule has 0 spiro atoms. The highest BCUT2D eigenvalue weighted by Crippen LogP contribution is 2.09. The summed E-state index contributed by atoms with van der Waals surface area (Å²) in [5.74, 6) is 0.799. The zero-order valence-corrected chi connectivity index (χ0v) is 14.1. The van der Waals surface area contributed by atoms with Crippen LogP contribution in [0.3, 0.4) is 0 Å². The van der Waals surface area contributed by atoms with Gasteiger partial charge in [-0.05, 0) is 20.1 Å². The minimum Gasteiger partial charge on any atom is -0.370 e. The molecule has 0 aromatic carbocycles. The van der Waals surface area contributed by atoms with Crippen LogP contribution in [-0.4, -0.2) is 79.4 Å². The lowest BCUT2D eigenvalue weighted by Crippen LogP contribution is -2.53. The van der Waals surface area contributed by atoms with E-state index in [1.165, 1.54) is 0 Å². The second-order valence-electron chi connectivity index (χ2n) is 4.97. The first kappa shape index (κ1) is 17.6. The molecule has 0 bridgehead atoms. The molecule has 1 heterocycles. The summed E-state index contributed by atoms with van der Waals surface area (Å²) in [4.78, 5) is 4.99. The van der Waals surface area contributed by atoms with Gasteiger partial charge in [-0.25, -0.2) is 0 Å². The number of piperazine rings is 1. The average molecular weight is 309 g/mol. The molecular formula is C13H28N2O2S2. The third-order valence-corrected chi connectivity index (χ3v) is 3.89. The van der Waals surface area contributed by atoms with Gasteiger partial charge in [0.25, 0.3) is 0 Å². The highest BCUT2D eigenvalue weighted by molar-refractivity contribution is 7.98. The van der Waals surface area contributed by atoms with E-state index in [0.717, 1.165) is 51.9 Å². The Morgan fingerprint density at radius 2 is 2.11 bits per heavy atom. The van der Waals surface area contributed by atoms with Crippen LogP contribution in [0.25, 0.3) is 0 Å². The first-order valence-corrected chi connectivity index (χ1v) is 8.87. The number of hydrogen-bond donors (Lipinski definition) is 1. The molecule has 1 fully saturated rings. The number of thioether (sulfide) groups is 1. The van der Waals surface area contributed by atoms with Gasteiger partial charge in [-0.1, -0.05) is 0 Å². The number of nitrogens with zero attached hydrogens (tertiary/aromatic N) is 2. The zero-order chi connectivity index (χ0) is 14.1. The molecule has 1 aliphatic heterocycles. The van der Waals surface area contributed by atoms with Gasteiger partial charge in [-0.3, -0.25) is 9.80 Å². The standard InChI is InChI=1S/C13H28N2O2S2/c1-12-10-14(6-9-17-13(2)18)4-5-15(12)7-8-16-11-19-3/h12-13,18H,4-11H2,1-3H3/t12-,13?/m1/s1. The monoisotopic (exact) mass is 308 g/mol. The summed E-state index contributed by atoms with van der Waals surface area (Å²) >= 11 is 5.95. The Balaban J connectivity index is 2.12. The van der Waals surface area contributed by atoms with Crippen LogP contribution in [0.4, 0.5) is 0 Å². The Labute approximate surface area is 127 Å².